The van der Waals surface area contributed by atoms with Gasteiger partial charge in [-0.2, -0.15) is 0 Å². The molecule has 0 spiro atoms. The number of aromatic nitrogens is 1. The van der Waals surface area contributed by atoms with Gasteiger partial charge in [0.05, 0.1) is 12.0 Å². The minimum atomic E-state index is -3.72. The Hall–Kier alpha value is -2.78. The van der Waals surface area contributed by atoms with E-state index in [-0.39, 0.29) is 16.3 Å². The van der Waals surface area contributed by atoms with E-state index in [9.17, 15) is 18.0 Å². The molecule has 1 amide bonds. The highest BCUT2D eigenvalue weighted by molar-refractivity contribution is 7.89. The Morgan fingerprint density at radius 2 is 1.76 bits per heavy atom. The van der Waals surface area contributed by atoms with Crippen molar-refractivity contribution >= 4 is 21.9 Å². The zero-order chi connectivity index (χ0) is 18.4. The summed E-state index contributed by atoms with van der Waals surface area (Å²) in [6.45, 7) is 0.317. The number of esters is 1. The number of carbonyl (C=O) groups is 2. The Morgan fingerprint density at radius 3 is 2.36 bits per heavy atom. The first-order valence-corrected chi connectivity index (χ1v) is 8.81. The summed E-state index contributed by atoms with van der Waals surface area (Å²) in [5, 5.41) is 7.71. The molecule has 3 N–H and O–H groups in total. The number of nitrogens with two attached hydrogens (primary N) is 1. The van der Waals surface area contributed by atoms with E-state index >= 15 is 0 Å². The third-order valence-electron chi connectivity index (χ3n) is 3.33. The molecule has 132 valence electrons. The molecule has 8 nitrogen and oxygen atoms in total. The van der Waals surface area contributed by atoms with Crippen LogP contribution in [0.2, 0.25) is 0 Å². The van der Waals surface area contributed by atoms with Crippen LogP contribution in [0.4, 0.5) is 0 Å². The monoisotopic (exact) mass is 363 g/mol. The van der Waals surface area contributed by atoms with E-state index in [0.29, 0.717) is 13.0 Å². The van der Waals surface area contributed by atoms with Crippen LogP contribution < -0.4 is 10.5 Å². The van der Waals surface area contributed by atoms with Crippen molar-refractivity contribution in [2.24, 2.45) is 5.14 Å². The second-order valence-electron chi connectivity index (χ2n) is 5.09. The van der Waals surface area contributed by atoms with E-state index < -0.39 is 21.9 Å². The number of rotatable bonds is 6. The number of benzene rings is 1. The predicted molar refractivity (Wildman–Crippen MR) is 89.4 cm³/mol. The number of hydrogen-bond donors (Lipinski definition) is 2. The molecular formula is C16H17N3O5S. The summed E-state index contributed by atoms with van der Waals surface area (Å²) in [6.07, 6.45) is 0.493. The lowest BCUT2D eigenvalue weighted by atomic mass is 10.1. The van der Waals surface area contributed by atoms with E-state index in [1.807, 2.05) is 0 Å². The Labute approximate surface area is 145 Å². The average Bonchev–Trinajstić information content (AvgIpc) is 2.60. The van der Waals surface area contributed by atoms with Crippen LogP contribution in [0.5, 0.6) is 0 Å². The summed E-state index contributed by atoms with van der Waals surface area (Å²) in [5.74, 6) is -1.04. The van der Waals surface area contributed by atoms with Crippen LogP contribution in [0, 0.1) is 0 Å². The molecule has 25 heavy (non-hydrogen) atoms. The lowest BCUT2D eigenvalue weighted by Crippen LogP contribution is -2.27. The number of methoxy groups -OCH3 is 1. The maximum atomic E-state index is 12.1. The molecule has 0 saturated heterocycles. The normalized spacial score (nSPS) is 11.0. The van der Waals surface area contributed by atoms with Crippen molar-refractivity contribution in [1.29, 1.82) is 0 Å². The van der Waals surface area contributed by atoms with E-state index in [4.69, 9.17) is 5.14 Å². The molecule has 2 rings (SSSR count). The van der Waals surface area contributed by atoms with Gasteiger partial charge in [-0.15, -0.1) is 0 Å². The zero-order valence-corrected chi connectivity index (χ0v) is 14.2. The van der Waals surface area contributed by atoms with Crippen molar-refractivity contribution < 1.29 is 22.7 Å². The highest BCUT2D eigenvalue weighted by Crippen LogP contribution is 2.09. The van der Waals surface area contributed by atoms with Gasteiger partial charge in [-0.05, 0) is 36.2 Å². The van der Waals surface area contributed by atoms with Crippen molar-refractivity contribution in [1.82, 2.24) is 10.3 Å². The van der Waals surface area contributed by atoms with Crippen LogP contribution in [0.25, 0.3) is 0 Å². The molecule has 0 atom stereocenters. The summed E-state index contributed by atoms with van der Waals surface area (Å²) < 4.78 is 26.9. The van der Waals surface area contributed by atoms with Crippen LogP contribution in [0.15, 0.2) is 47.4 Å². The fourth-order valence-corrected chi connectivity index (χ4v) is 2.55. The summed E-state index contributed by atoms with van der Waals surface area (Å²) in [4.78, 5) is 27.5. The summed E-state index contributed by atoms with van der Waals surface area (Å²) >= 11 is 0. The lowest BCUT2D eigenvalue weighted by molar-refractivity contribution is 0.0594. The number of carbonyl (C=O) groups excluding carboxylic acids is 2. The Bertz CT molecular complexity index is 879. The number of pyridine rings is 1. The van der Waals surface area contributed by atoms with Gasteiger partial charge >= 0.3 is 5.97 Å². The molecule has 0 unspecified atom stereocenters. The molecule has 9 heteroatoms. The molecule has 0 fully saturated rings. The first-order valence-electron chi connectivity index (χ1n) is 7.26. The number of amides is 1. The standard InChI is InChI=1S/C16H17N3O5S/c1-24-16(21)14-4-2-3-13(19-14)15(20)18-10-9-11-5-7-12(8-6-11)25(17,22)23/h2-8H,9-10H2,1H3,(H,18,20)(H2,17,22,23). The number of nitrogens with one attached hydrogen (secondary N) is 1. The van der Waals surface area contributed by atoms with Gasteiger partial charge in [0.15, 0.2) is 0 Å². The smallest absolute Gasteiger partial charge is 0.356 e. The Morgan fingerprint density at radius 1 is 1.12 bits per heavy atom. The summed E-state index contributed by atoms with van der Waals surface area (Å²) in [5.41, 5.74) is 0.991. The summed E-state index contributed by atoms with van der Waals surface area (Å²) in [7, 11) is -2.48. The molecule has 0 aliphatic carbocycles. The highest BCUT2D eigenvalue weighted by Gasteiger charge is 2.12. The number of hydrogen-bond acceptors (Lipinski definition) is 6. The molecule has 0 aliphatic heterocycles. The van der Waals surface area contributed by atoms with Crippen molar-refractivity contribution in [3.63, 3.8) is 0 Å². The van der Waals surface area contributed by atoms with Gasteiger partial charge in [-0.25, -0.2) is 23.3 Å². The first kappa shape index (κ1) is 18.6. The summed E-state index contributed by atoms with van der Waals surface area (Å²) in [6, 6.07) is 10.6. The van der Waals surface area contributed by atoms with Crippen LogP contribution in [0.1, 0.15) is 26.5 Å². The fraction of sp³-hybridized carbons (Fsp3) is 0.188. The van der Waals surface area contributed by atoms with Gasteiger partial charge in [0.1, 0.15) is 11.4 Å². The van der Waals surface area contributed by atoms with E-state index in [0.717, 1.165) is 5.56 Å². The molecule has 2 aromatic rings. The molecule has 0 bridgehead atoms. The molecule has 0 saturated carbocycles. The van der Waals surface area contributed by atoms with Crippen molar-refractivity contribution in [2.45, 2.75) is 11.3 Å². The van der Waals surface area contributed by atoms with Crippen LogP contribution >= 0.6 is 0 Å². The minimum absolute atomic E-state index is 0.0316. The quantitative estimate of drug-likeness (QED) is 0.719. The Balaban J connectivity index is 1.93. The maximum absolute atomic E-state index is 12.1. The third kappa shape index (κ3) is 5.10. The molecule has 1 aromatic carbocycles. The van der Waals surface area contributed by atoms with Gasteiger partial charge in [0, 0.05) is 6.54 Å². The topological polar surface area (TPSA) is 128 Å². The van der Waals surface area contributed by atoms with Crippen molar-refractivity contribution in [3.8, 4) is 0 Å². The van der Waals surface area contributed by atoms with Gasteiger partial charge < -0.3 is 10.1 Å². The van der Waals surface area contributed by atoms with Crippen LogP contribution in [-0.4, -0.2) is 38.9 Å². The Kier molecular flexibility index (Phi) is 5.84. The first-order chi connectivity index (χ1) is 11.8. The zero-order valence-electron chi connectivity index (χ0n) is 13.4. The molecule has 1 aromatic heterocycles. The number of sulfonamides is 1. The van der Waals surface area contributed by atoms with E-state index in [2.05, 4.69) is 15.0 Å². The highest BCUT2D eigenvalue weighted by atomic mass is 32.2. The lowest BCUT2D eigenvalue weighted by Gasteiger charge is -2.06. The van der Waals surface area contributed by atoms with Crippen LogP contribution in [-0.2, 0) is 21.2 Å². The largest absolute Gasteiger partial charge is 0.464 e. The minimum Gasteiger partial charge on any atom is -0.464 e. The second kappa shape index (κ2) is 7.86. The molecule has 1 heterocycles. The maximum Gasteiger partial charge on any atom is 0.356 e. The number of nitrogens with zero attached hydrogens (tertiary/aromatic N) is 1. The molecule has 0 radical (unpaired) electrons. The van der Waals surface area contributed by atoms with Gasteiger partial charge in [-0.3, -0.25) is 4.79 Å². The average molecular weight is 363 g/mol. The van der Waals surface area contributed by atoms with Gasteiger partial charge in [0.2, 0.25) is 10.0 Å². The van der Waals surface area contributed by atoms with Crippen molar-refractivity contribution in [3.05, 3.63) is 59.4 Å². The second-order valence-corrected chi connectivity index (χ2v) is 6.66. The third-order valence-corrected chi connectivity index (χ3v) is 4.26. The van der Waals surface area contributed by atoms with E-state index in [1.165, 1.54) is 31.4 Å². The molecule has 0 aliphatic rings. The van der Waals surface area contributed by atoms with E-state index in [1.54, 1.807) is 18.2 Å². The predicted octanol–water partition coefficient (Wildman–Crippen LogP) is 0.488. The SMILES string of the molecule is COC(=O)c1cccc(C(=O)NCCc2ccc(S(N)(=O)=O)cc2)n1. The number of primary sulfonamides is 1. The fourth-order valence-electron chi connectivity index (χ4n) is 2.04. The van der Waals surface area contributed by atoms with Crippen LogP contribution in [0.3, 0.4) is 0 Å². The van der Waals surface area contributed by atoms with Crippen molar-refractivity contribution in [2.75, 3.05) is 13.7 Å². The number of ether oxygens (including phenoxy) is 1. The van der Waals surface area contributed by atoms with Gasteiger partial charge in [0.25, 0.3) is 5.91 Å². The van der Waals surface area contributed by atoms with Gasteiger partial charge in [-0.1, -0.05) is 18.2 Å². The molecular weight excluding hydrogens is 346 g/mol.